The van der Waals surface area contributed by atoms with Gasteiger partial charge in [-0.2, -0.15) is 0 Å². The first kappa shape index (κ1) is 43.6. The molecular weight excluding hydrogens is 905 g/mol. The fourth-order valence-electron chi connectivity index (χ4n) is 13.5. The second kappa shape index (κ2) is 17.0. The first-order valence-corrected chi connectivity index (χ1v) is 26.8. The van der Waals surface area contributed by atoms with Crippen LogP contribution in [0.1, 0.15) is 47.2 Å². The number of para-hydroxylation sites is 4. The molecule has 15 rings (SSSR count). The van der Waals surface area contributed by atoms with E-state index in [-0.39, 0.29) is 5.41 Å². The molecule has 0 aromatic heterocycles. The van der Waals surface area contributed by atoms with Crippen LogP contribution in [-0.2, 0) is 31.1 Å². The van der Waals surface area contributed by atoms with Gasteiger partial charge < -0.3 is 9.80 Å². The molecule has 1 aliphatic carbocycles. The Balaban J connectivity index is 1.09. The first-order chi connectivity index (χ1) is 37.0. The minimum atomic E-state index is -0.170. The quantitative estimate of drug-likeness (QED) is 0.159. The van der Waals surface area contributed by atoms with Crippen molar-refractivity contribution in [3.05, 3.63) is 276 Å². The number of hydrogen-bond donors (Lipinski definition) is 0. The highest BCUT2D eigenvalue weighted by Gasteiger charge is 2.36. The zero-order valence-electron chi connectivity index (χ0n) is 42.3. The van der Waals surface area contributed by atoms with Crippen molar-refractivity contribution in [2.45, 2.75) is 44.9 Å². The predicted molar refractivity (Wildman–Crippen MR) is 317 cm³/mol. The van der Waals surface area contributed by atoms with Crippen molar-refractivity contribution < 1.29 is 0 Å². The Hall–Kier alpha value is -8.98. The van der Waals surface area contributed by atoms with Crippen LogP contribution in [0.25, 0.3) is 76.8 Å². The molecule has 356 valence electrons. The summed E-state index contributed by atoms with van der Waals surface area (Å²) >= 11 is 0. The SMILES string of the molecule is CC1(C)c2ccccc2-c2ccc(-c3c4cc(N5c6ccccc6CCc6ccccc65)ccc4c(-c4ccccc4-c4cccc5ccccc45)c4cc(N5c6ccccc6CCc6ccccc65)ccc34)cc21. The highest BCUT2D eigenvalue weighted by Crippen LogP contribution is 2.54. The molecule has 0 bridgehead atoms. The lowest BCUT2D eigenvalue weighted by Crippen LogP contribution is -2.15. The minimum absolute atomic E-state index is 0.170. The van der Waals surface area contributed by atoms with Crippen LogP contribution in [-0.4, -0.2) is 0 Å². The Morgan fingerprint density at radius 2 is 0.733 bits per heavy atom. The van der Waals surface area contributed by atoms with Crippen molar-refractivity contribution in [1.29, 1.82) is 0 Å². The van der Waals surface area contributed by atoms with Crippen molar-refractivity contribution in [1.82, 2.24) is 0 Å². The second-order valence-electron chi connectivity index (χ2n) is 21.4. The topological polar surface area (TPSA) is 6.48 Å². The summed E-state index contributed by atoms with van der Waals surface area (Å²) in [6.07, 6.45) is 3.96. The molecule has 0 atom stereocenters. The Labute approximate surface area is 439 Å². The molecule has 3 aliphatic rings. The molecule has 0 N–H and O–H groups in total. The van der Waals surface area contributed by atoms with Crippen molar-refractivity contribution in [3.8, 4) is 44.5 Å². The third kappa shape index (κ3) is 6.79. The fraction of sp³-hybridized carbons (Fsp3) is 0.0959. The van der Waals surface area contributed by atoms with Crippen LogP contribution in [0, 0.1) is 0 Å². The van der Waals surface area contributed by atoms with Gasteiger partial charge in [-0.1, -0.05) is 202 Å². The van der Waals surface area contributed by atoms with E-state index in [4.69, 9.17) is 0 Å². The first-order valence-electron chi connectivity index (χ1n) is 26.8. The molecule has 2 nitrogen and oxygen atoms in total. The molecule has 2 heteroatoms. The van der Waals surface area contributed by atoms with Crippen LogP contribution >= 0.6 is 0 Å². The highest BCUT2D eigenvalue weighted by molar-refractivity contribution is 6.24. The second-order valence-corrected chi connectivity index (χ2v) is 21.4. The van der Waals surface area contributed by atoms with E-state index in [1.54, 1.807) is 0 Å². The molecule has 2 aliphatic heterocycles. The molecule has 75 heavy (non-hydrogen) atoms. The monoisotopic (exact) mass is 958 g/mol. The van der Waals surface area contributed by atoms with Crippen molar-refractivity contribution in [2.75, 3.05) is 9.80 Å². The maximum atomic E-state index is 2.54. The van der Waals surface area contributed by atoms with Crippen LogP contribution in [0.3, 0.4) is 0 Å². The van der Waals surface area contributed by atoms with Crippen LogP contribution in [0.15, 0.2) is 243 Å². The van der Waals surface area contributed by atoms with Crippen molar-refractivity contribution >= 4 is 66.4 Å². The molecule has 0 radical (unpaired) electrons. The maximum absolute atomic E-state index is 2.54. The molecule has 12 aromatic rings. The lowest BCUT2D eigenvalue weighted by molar-refractivity contribution is 0.660. The zero-order chi connectivity index (χ0) is 49.8. The van der Waals surface area contributed by atoms with E-state index in [9.17, 15) is 0 Å². The Morgan fingerprint density at radius 1 is 0.293 bits per heavy atom. The van der Waals surface area contributed by atoms with Crippen molar-refractivity contribution in [3.63, 3.8) is 0 Å². The normalized spacial score (nSPS) is 14.1. The number of benzene rings is 12. The van der Waals surface area contributed by atoms with Gasteiger partial charge >= 0.3 is 0 Å². The molecule has 2 heterocycles. The van der Waals surface area contributed by atoms with Gasteiger partial charge in [0.15, 0.2) is 0 Å². The van der Waals surface area contributed by atoms with E-state index >= 15 is 0 Å². The van der Waals surface area contributed by atoms with Gasteiger partial charge in [-0.15, -0.1) is 0 Å². The number of fused-ring (bicyclic) bond motifs is 10. The lowest BCUT2D eigenvalue weighted by Gasteiger charge is -2.30. The third-order valence-electron chi connectivity index (χ3n) is 17.0. The predicted octanol–water partition coefficient (Wildman–Crippen LogP) is 19.6. The molecule has 0 spiro atoms. The summed E-state index contributed by atoms with van der Waals surface area (Å²) in [6, 6.07) is 92.0. The van der Waals surface area contributed by atoms with E-state index in [1.165, 1.54) is 133 Å². The summed E-state index contributed by atoms with van der Waals surface area (Å²) in [5.74, 6) is 0. The molecule has 0 saturated heterocycles. The zero-order valence-corrected chi connectivity index (χ0v) is 42.3. The summed E-state index contributed by atoms with van der Waals surface area (Å²) in [6.45, 7) is 4.81. The Bertz CT molecular complexity index is 4210. The summed E-state index contributed by atoms with van der Waals surface area (Å²) in [7, 11) is 0. The van der Waals surface area contributed by atoms with Gasteiger partial charge in [0.2, 0.25) is 0 Å². The van der Waals surface area contributed by atoms with Gasteiger partial charge in [0.1, 0.15) is 0 Å². The third-order valence-corrected chi connectivity index (χ3v) is 17.0. The smallest absolute Gasteiger partial charge is 0.0493 e. The average Bonchev–Trinajstić information content (AvgIpc) is 3.60. The van der Waals surface area contributed by atoms with Gasteiger partial charge in [0, 0.05) is 39.5 Å². The van der Waals surface area contributed by atoms with Gasteiger partial charge in [0.25, 0.3) is 0 Å². The molecule has 0 saturated carbocycles. The summed E-state index contributed by atoms with van der Waals surface area (Å²) in [5.41, 5.74) is 25.3. The summed E-state index contributed by atoms with van der Waals surface area (Å²) in [5, 5.41) is 7.39. The summed E-state index contributed by atoms with van der Waals surface area (Å²) < 4.78 is 0. The molecule has 0 fully saturated rings. The van der Waals surface area contributed by atoms with Crippen molar-refractivity contribution in [2.24, 2.45) is 0 Å². The molecule has 0 amide bonds. The molecule has 12 aromatic carbocycles. The molecule has 0 unspecified atom stereocenters. The van der Waals surface area contributed by atoms with Crippen LogP contribution in [0.4, 0.5) is 34.1 Å². The van der Waals surface area contributed by atoms with Crippen LogP contribution < -0.4 is 9.80 Å². The number of nitrogens with zero attached hydrogens (tertiary/aromatic N) is 2. The number of anilines is 6. The fourth-order valence-corrected chi connectivity index (χ4v) is 13.5. The van der Waals surface area contributed by atoms with E-state index in [0.29, 0.717) is 0 Å². The van der Waals surface area contributed by atoms with Crippen LogP contribution in [0.5, 0.6) is 0 Å². The van der Waals surface area contributed by atoms with Gasteiger partial charge in [-0.3, -0.25) is 0 Å². The Morgan fingerprint density at radius 3 is 1.33 bits per heavy atom. The van der Waals surface area contributed by atoms with Gasteiger partial charge in [-0.05, 0) is 190 Å². The standard InChI is InChI=1S/C73H54N2/c1-73(2)65-29-12-11-26-58(65)59-41-38-52(44-66(59)73)71-61-42-39-54(75-69-32-15-6-21-50(69)36-37-51-22-7-16-33-70(51)75)46-64(61)72(60-27-10-9-25-57(60)56-28-17-23-47-18-3-8-24-55(47)56)62-43-40-53(45-63(62)71)74-67-30-13-4-19-48(67)34-35-49-20-5-14-31-68(49)74/h3-33,38-46H,34-37H2,1-2H3. The lowest BCUT2D eigenvalue weighted by atomic mass is 9.80. The van der Waals surface area contributed by atoms with E-state index in [1.807, 2.05) is 0 Å². The summed E-state index contributed by atoms with van der Waals surface area (Å²) in [4.78, 5) is 5.07. The molecular formula is C73H54N2. The van der Waals surface area contributed by atoms with Crippen LogP contribution in [0.2, 0.25) is 0 Å². The van der Waals surface area contributed by atoms with E-state index in [2.05, 4.69) is 266 Å². The number of rotatable bonds is 5. The van der Waals surface area contributed by atoms with Gasteiger partial charge in [-0.25, -0.2) is 0 Å². The van der Waals surface area contributed by atoms with Gasteiger partial charge in [0.05, 0.1) is 0 Å². The van der Waals surface area contributed by atoms with E-state index < -0.39 is 0 Å². The average molecular weight is 959 g/mol. The highest BCUT2D eigenvalue weighted by atomic mass is 15.2. The largest absolute Gasteiger partial charge is 0.310 e. The number of aryl methyl sites for hydroxylation is 4. The maximum Gasteiger partial charge on any atom is 0.0493 e. The number of hydrogen-bond acceptors (Lipinski definition) is 2. The Kier molecular flexibility index (Phi) is 9.91. The minimum Gasteiger partial charge on any atom is -0.310 e. The van der Waals surface area contributed by atoms with E-state index in [0.717, 1.165) is 37.1 Å².